The van der Waals surface area contributed by atoms with Crippen molar-refractivity contribution in [2.24, 2.45) is 7.05 Å². The molecule has 0 amide bonds. The average Bonchev–Trinajstić information content (AvgIpc) is 2.74. The highest BCUT2D eigenvalue weighted by atomic mass is 19.4. The van der Waals surface area contributed by atoms with E-state index in [0.717, 1.165) is 0 Å². The number of para-hydroxylation sites is 1. The third-order valence-corrected chi connectivity index (χ3v) is 3.20. The minimum atomic E-state index is -4.79. The molecule has 114 valence electrons. The van der Waals surface area contributed by atoms with E-state index in [1.54, 1.807) is 19.2 Å². The molecule has 0 bridgehead atoms. The van der Waals surface area contributed by atoms with Gasteiger partial charge in [0.25, 0.3) is 0 Å². The number of hydrogen-bond acceptors (Lipinski definition) is 3. The SMILES string of the molecule is Cn1nc(-c2ccccc2OC(F)(F)F)c2cc(O)ccc21. The molecule has 0 aliphatic heterocycles. The topological polar surface area (TPSA) is 47.3 Å². The molecule has 0 saturated carbocycles. The van der Waals surface area contributed by atoms with E-state index in [1.807, 2.05) is 0 Å². The summed E-state index contributed by atoms with van der Waals surface area (Å²) in [4.78, 5) is 0. The van der Waals surface area contributed by atoms with E-state index in [0.29, 0.717) is 16.6 Å². The van der Waals surface area contributed by atoms with Gasteiger partial charge in [0.2, 0.25) is 0 Å². The van der Waals surface area contributed by atoms with Crippen molar-refractivity contribution in [3.63, 3.8) is 0 Å². The molecule has 4 nitrogen and oxygen atoms in total. The number of halogens is 3. The van der Waals surface area contributed by atoms with E-state index >= 15 is 0 Å². The largest absolute Gasteiger partial charge is 0.573 e. The zero-order valence-corrected chi connectivity index (χ0v) is 11.4. The molecule has 3 rings (SSSR count). The fourth-order valence-electron chi connectivity index (χ4n) is 2.33. The van der Waals surface area contributed by atoms with Gasteiger partial charge in [-0.3, -0.25) is 4.68 Å². The molecule has 1 aromatic heterocycles. The summed E-state index contributed by atoms with van der Waals surface area (Å²) >= 11 is 0. The zero-order chi connectivity index (χ0) is 15.9. The quantitative estimate of drug-likeness (QED) is 0.782. The molecule has 0 saturated heterocycles. The molecule has 0 aliphatic rings. The van der Waals surface area contributed by atoms with Crippen LogP contribution in [0.4, 0.5) is 13.2 Å². The molecule has 3 aromatic rings. The van der Waals surface area contributed by atoms with E-state index in [-0.39, 0.29) is 17.1 Å². The zero-order valence-electron chi connectivity index (χ0n) is 11.4. The minimum absolute atomic E-state index is 0.0102. The number of aryl methyl sites for hydroxylation is 1. The van der Waals surface area contributed by atoms with E-state index < -0.39 is 6.36 Å². The van der Waals surface area contributed by atoms with Crippen LogP contribution in [0.2, 0.25) is 0 Å². The normalized spacial score (nSPS) is 11.8. The second-order valence-electron chi connectivity index (χ2n) is 4.72. The van der Waals surface area contributed by atoms with Crippen LogP contribution in [0.5, 0.6) is 11.5 Å². The van der Waals surface area contributed by atoms with E-state index in [9.17, 15) is 18.3 Å². The number of rotatable bonds is 2. The first-order valence-electron chi connectivity index (χ1n) is 6.36. The summed E-state index contributed by atoms with van der Waals surface area (Å²) in [7, 11) is 1.68. The molecule has 1 N–H and O–H groups in total. The molecule has 7 heteroatoms. The highest BCUT2D eigenvalue weighted by molar-refractivity contribution is 5.95. The number of aromatic nitrogens is 2. The van der Waals surface area contributed by atoms with Crippen molar-refractivity contribution in [2.75, 3.05) is 0 Å². The highest BCUT2D eigenvalue weighted by Gasteiger charge is 2.32. The van der Waals surface area contributed by atoms with Crippen LogP contribution in [0.3, 0.4) is 0 Å². The van der Waals surface area contributed by atoms with Gasteiger partial charge >= 0.3 is 6.36 Å². The number of hydrogen-bond donors (Lipinski definition) is 1. The third kappa shape index (κ3) is 2.57. The van der Waals surface area contributed by atoms with Gasteiger partial charge in [0.15, 0.2) is 0 Å². The van der Waals surface area contributed by atoms with E-state index in [2.05, 4.69) is 9.84 Å². The van der Waals surface area contributed by atoms with Crippen molar-refractivity contribution in [1.29, 1.82) is 0 Å². The van der Waals surface area contributed by atoms with Crippen molar-refractivity contribution in [3.05, 3.63) is 42.5 Å². The van der Waals surface area contributed by atoms with Crippen molar-refractivity contribution in [1.82, 2.24) is 9.78 Å². The summed E-state index contributed by atoms with van der Waals surface area (Å²) in [5.74, 6) is -0.325. The van der Waals surface area contributed by atoms with Crippen LogP contribution >= 0.6 is 0 Å². The number of phenolic OH excluding ortho intramolecular Hbond substituents is 1. The third-order valence-electron chi connectivity index (χ3n) is 3.20. The summed E-state index contributed by atoms with van der Waals surface area (Å²) in [6.07, 6.45) is -4.79. The van der Waals surface area contributed by atoms with Gasteiger partial charge in [0, 0.05) is 18.0 Å². The summed E-state index contributed by atoms with van der Waals surface area (Å²) in [6.45, 7) is 0. The Balaban J connectivity index is 2.22. The Bertz CT molecular complexity index is 840. The van der Waals surface area contributed by atoms with Crippen LogP contribution < -0.4 is 4.74 Å². The Morgan fingerprint density at radius 2 is 1.86 bits per heavy atom. The van der Waals surface area contributed by atoms with Gasteiger partial charge < -0.3 is 9.84 Å². The molecule has 0 fully saturated rings. The van der Waals surface area contributed by atoms with Crippen LogP contribution in [0.15, 0.2) is 42.5 Å². The summed E-state index contributed by atoms with van der Waals surface area (Å²) in [5, 5.41) is 14.4. The molecule has 1 heterocycles. The first kappa shape index (κ1) is 14.2. The molecule has 0 spiro atoms. The van der Waals surface area contributed by atoms with Crippen molar-refractivity contribution in [3.8, 4) is 22.8 Å². The Morgan fingerprint density at radius 3 is 2.59 bits per heavy atom. The molecule has 0 atom stereocenters. The number of phenols is 1. The Kier molecular flexibility index (Phi) is 3.20. The van der Waals surface area contributed by atoms with Crippen molar-refractivity contribution >= 4 is 10.9 Å². The van der Waals surface area contributed by atoms with Gasteiger partial charge in [0.05, 0.1) is 5.52 Å². The van der Waals surface area contributed by atoms with Crippen molar-refractivity contribution < 1.29 is 23.0 Å². The molecule has 0 radical (unpaired) electrons. The second kappa shape index (κ2) is 4.94. The van der Waals surface area contributed by atoms with Crippen LogP contribution in [-0.4, -0.2) is 21.2 Å². The first-order valence-corrected chi connectivity index (χ1v) is 6.36. The lowest BCUT2D eigenvalue weighted by Crippen LogP contribution is -2.17. The van der Waals surface area contributed by atoms with Gasteiger partial charge in [-0.1, -0.05) is 12.1 Å². The average molecular weight is 308 g/mol. The maximum atomic E-state index is 12.5. The standard InChI is InChI=1S/C15H11F3N2O2/c1-20-12-7-6-9(21)8-11(12)14(19-20)10-4-2-3-5-13(10)22-15(16,17)18/h2-8,21H,1H3. The van der Waals surface area contributed by atoms with Crippen LogP contribution in [0, 0.1) is 0 Å². The molecule has 0 unspecified atom stereocenters. The van der Waals surface area contributed by atoms with Crippen LogP contribution in [-0.2, 0) is 7.05 Å². The van der Waals surface area contributed by atoms with Gasteiger partial charge in [-0.2, -0.15) is 5.10 Å². The van der Waals surface area contributed by atoms with E-state index in [1.165, 1.54) is 35.0 Å². The smallest absolute Gasteiger partial charge is 0.508 e. The molecule has 22 heavy (non-hydrogen) atoms. The lowest BCUT2D eigenvalue weighted by Gasteiger charge is -2.12. The second-order valence-corrected chi connectivity index (χ2v) is 4.72. The predicted octanol–water partition coefficient (Wildman–Crippen LogP) is 3.84. The summed E-state index contributed by atoms with van der Waals surface area (Å²) in [5.41, 5.74) is 1.21. The number of aromatic hydroxyl groups is 1. The lowest BCUT2D eigenvalue weighted by molar-refractivity contribution is -0.274. The van der Waals surface area contributed by atoms with Crippen molar-refractivity contribution in [2.45, 2.75) is 6.36 Å². The van der Waals surface area contributed by atoms with Gasteiger partial charge in [-0.05, 0) is 30.3 Å². The van der Waals surface area contributed by atoms with Crippen LogP contribution in [0.25, 0.3) is 22.2 Å². The fraction of sp³-hybridized carbons (Fsp3) is 0.133. The molecular formula is C15H11F3N2O2. The minimum Gasteiger partial charge on any atom is -0.508 e. The van der Waals surface area contributed by atoms with Crippen LogP contribution in [0.1, 0.15) is 0 Å². The number of nitrogens with zero attached hydrogens (tertiary/aromatic N) is 2. The number of ether oxygens (including phenoxy) is 1. The van der Waals surface area contributed by atoms with Gasteiger partial charge in [-0.15, -0.1) is 13.2 Å². The molecular weight excluding hydrogens is 297 g/mol. The maximum absolute atomic E-state index is 12.5. The van der Waals surface area contributed by atoms with E-state index in [4.69, 9.17) is 0 Å². The predicted molar refractivity (Wildman–Crippen MR) is 74.5 cm³/mol. The monoisotopic (exact) mass is 308 g/mol. The fourth-order valence-corrected chi connectivity index (χ4v) is 2.33. The first-order chi connectivity index (χ1) is 10.3. The number of benzene rings is 2. The maximum Gasteiger partial charge on any atom is 0.573 e. The number of alkyl halides is 3. The Hall–Kier alpha value is -2.70. The lowest BCUT2D eigenvalue weighted by atomic mass is 10.1. The Labute approximate surface area is 123 Å². The Morgan fingerprint density at radius 1 is 1.14 bits per heavy atom. The summed E-state index contributed by atoms with van der Waals surface area (Å²) in [6, 6.07) is 10.4. The highest BCUT2D eigenvalue weighted by Crippen LogP contribution is 2.37. The van der Waals surface area contributed by atoms with Gasteiger partial charge in [-0.25, -0.2) is 0 Å². The summed E-state index contributed by atoms with van der Waals surface area (Å²) < 4.78 is 43.2. The molecule has 0 aliphatic carbocycles. The number of fused-ring (bicyclic) bond motifs is 1. The van der Waals surface area contributed by atoms with Gasteiger partial charge in [0.1, 0.15) is 17.2 Å². The molecule has 2 aromatic carbocycles.